The maximum atomic E-state index is 13.5. The summed E-state index contributed by atoms with van der Waals surface area (Å²) in [6, 6.07) is 1.20. The van der Waals surface area contributed by atoms with Crippen LogP contribution in [-0.2, 0) is 0 Å². The molecule has 0 aliphatic heterocycles. The van der Waals surface area contributed by atoms with E-state index in [-0.39, 0.29) is 10.2 Å². The first-order valence-corrected chi connectivity index (χ1v) is 6.42. The third-order valence-electron chi connectivity index (χ3n) is 2.62. The number of halogens is 3. The van der Waals surface area contributed by atoms with Gasteiger partial charge in [0.1, 0.15) is 11.6 Å². The highest BCUT2D eigenvalue weighted by Gasteiger charge is 2.13. The monoisotopic (exact) mass is 344 g/mol. The van der Waals surface area contributed by atoms with Crippen LogP contribution >= 0.6 is 15.9 Å². The van der Waals surface area contributed by atoms with Crippen LogP contribution in [-0.4, -0.2) is 16.2 Å². The number of benzene rings is 1. The van der Waals surface area contributed by atoms with E-state index in [4.69, 9.17) is 0 Å². The molecule has 1 aromatic heterocycles. The van der Waals surface area contributed by atoms with Gasteiger partial charge in [-0.2, -0.15) is 5.10 Å². The van der Waals surface area contributed by atoms with Crippen LogP contribution in [0, 0.1) is 25.5 Å². The minimum absolute atomic E-state index is 0.0601. The largest absolute Gasteiger partial charge is 0.323 e. The van der Waals surface area contributed by atoms with Crippen molar-refractivity contribution >= 4 is 33.3 Å². The van der Waals surface area contributed by atoms with E-state index in [2.05, 4.69) is 36.8 Å². The molecule has 106 valence electrons. The number of amides is 2. The summed E-state index contributed by atoms with van der Waals surface area (Å²) in [4.78, 5) is 11.8. The Morgan fingerprint density at radius 1 is 1.25 bits per heavy atom. The van der Waals surface area contributed by atoms with Crippen molar-refractivity contribution in [3.8, 4) is 0 Å². The molecule has 0 radical (unpaired) electrons. The van der Waals surface area contributed by atoms with Crippen LogP contribution in [0.3, 0.4) is 0 Å². The minimum Gasteiger partial charge on any atom is -0.305 e. The molecule has 0 fully saturated rings. The predicted molar refractivity (Wildman–Crippen MR) is 74.8 cm³/mol. The zero-order valence-corrected chi connectivity index (χ0v) is 12.2. The average molecular weight is 345 g/mol. The van der Waals surface area contributed by atoms with E-state index in [0.29, 0.717) is 23.1 Å². The van der Waals surface area contributed by atoms with Crippen LogP contribution in [0.4, 0.5) is 25.0 Å². The Bertz CT molecular complexity index is 652. The number of hydrogen-bond donors (Lipinski definition) is 3. The third kappa shape index (κ3) is 2.96. The second-order valence-corrected chi connectivity index (χ2v) is 4.99. The van der Waals surface area contributed by atoms with Gasteiger partial charge < -0.3 is 10.6 Å². The van der Waals surface area contributed by atoms with Gasteiger partial charge in [-0.3, -0.25) is 5.10 Å². The summed E-state index contributed by atoms with van der Waals surface area (Å²) in [5.41, 5.74) is 1.68. The lowest BCUT2D eigenvalue weighted by atomic mass is 10.3. The molecule has 1 aromatic carbocycles. The van der Waals surface area contributed by atoms with Crippen molar-refractivity contribution in [1.29, 1.82) is 0 Å². The van der Waals surface area contributed by atoms with Crippen molar-refractivity contribution in [3.63, 3.8) is 0 Å². The van der Waals surface area contributed by atoms with E-state index in [1.807, 2.05) is 0 Å². The fourth-order valence-corrected chi connectivity index (χ4v) is 1.96. The van der Waals surface area contributed by atoms with Crippen molar-refractivity contribution in [3.05, 3.63) is 39.6 Å². The molecular formula is C12H11BrF2N4O. The molecule has 0 spiro atoms. The number of nitrogens with zero attached hydrogens (tertiary/aromatic N) is 1. The van der Waals surface area contributed by atoms with E-state index < -0.39 is 17.7 Å². The number of carbonyl (C=O) groups is 1. The molecule has 3 N–H and O–H groups in total. The van der Waals surface area contributed by atoms with Gasteiger partial charge in [-0.15, -0.1) is 0 Å². The molecule has 2 aromatic rings. The Kier molecular flexibility index (Phi) is 4.03. The number of urea groups is 1. The molecule has 0 saturated heterocycles. The van der Waals surface area contributed by atoms with Crippen molar-refractivity contribution in [1.82, 2.24) is 10.2 Å². The fraction of sp³-hybridized carbons (Fsp3) is 0.167. The first-order chi connectivity index (χ1) is 9.38. The van der Waals surface area contributed by atoms with Gasteiger partial charge in [0.25, 0.3) is 0 Å². The molecule has 0 unspecified atom stereocenters. The number of aromatic amines is 1. The maximum Gasteiger partial charge on any atom is 0.323 e. The van der Waals surface area contributed by atoms with Gasteiger partial charge in [0.05, 0.1) is 27.2 Å². The number of nitrogens with one attached hydrogen (secondary N) is 3. The molecule has 5 nitrogen and oxygen atoms in total. The first kappa shape index (κ1) is 14.4. The summed E-state index contributed by atoms with van der Waals surface area (Å²) >= 11 is 2.93. The zero-order chi connectivity index (χ0) is 14.9. The maximum absolute atomic E-state index is 13.5. The quantitative estimate of drug-likeness (QED) is 0.726. The number of aryl methyl sites for hydroxylation is 2. The number of carbonyl (C=O) groups excluding carboxylic acids is 1. The number of aromatic nitrogens is 2. The summed E-state index contributed by atoms with van der Waals surface area (Å²) in [5, 5.41) is 11.5. The fourth-order valence-electron chi connectivity index (χ4n) is 1.62. The van der Waals surface area contributed by atoms with E-state index in [1.165, 1.54) is 0 Å². The number of H-pyrrole nitrogens is 1. The Morgan fingerprint density at radius 2 is 1.95 bits per heavy atom. The van der Waals surface area contributed by atoms with Crippen LogP contribution in [0.1, 0.15) is 11.4 Å². The van der Waals surface area contributed by atoms with Gasteiger partial charge >= 0.3 is 6.03 Å². The van der Waals surface area contributed by atoms with Gasteiger partial charge in [-0.25, -0.2) is 13.6 Å². The van der Waals surface area contributed by atoms with Gasteiger partial charge in [-0.05, 0) is 35.8 Å². The van der Waals surface area contributed by atoms with Gasteiger partial charge in [-0.1, -0.05) is 0 Å². The lowest BCUT2D eigenvalue weighted by molar-refractivity contribution is 0.262. The second-order valence-electron chi connectivity index (χ2n) is 4.13. The van der Waals surface area contributed by atoms with E-state index in [0.717, 1.165) is 6.07 Å². The molecule has 8 heteroatoms. The van der Waals surface area contributed by atoms with Crippen molar-refractivity contribution < 1.29 is 13.6 Å². The molecule has 20 heavy (non-hydrogen) atoms. The normalized spacial score (nSPS) is 10.4. The smallest absolute Gasteiger partial charge is 0.305 e. The van der Waals surface area contributed by atoms with E-state index >= 15 is 0 Å². The highest BCUT2D eigenvalue weighted by Crippen LogP contribution is 2.24. The van der Waals surface area contributed by atoms with Crippen LogP contribution in [0.25, 0.3) is 0 Å². The van der Waals surface area contributed by atoms with Gasteiger partial charge in [0.15, 0.2) is 0 Å². The van der Waals surface area contributed by atoms with Gasteiger partial charge in [0.2, 0.25) is 0 Å². The van der Waals surface area contributed by atoms with Crippen molar-refractivity contribution in [2.75, 3.05) is 10.6 Å². The Hall–Kier alpha value is -1.96. The Morgan fingerprint density at radius 3 is 2.55 bits per heavy atom. The van der Waals surface area contributed by atoms with E-state index in [1.54, 1.807) is 13.8 Å². The Labute approximate surface area is 121 Å². The summed E-state index contributed by atoms with van der Waals surface area (Å²) < 4.78 is 26.6. The molecule has 1 heterocycles. The lowest BCUT2D eigenvalue weighted by Gasteiger charge is -2.09. The summed E-state index contributed by atoms with van der Waals surface area (Å²) in [7, 11) is 0. The highest BCUT2D eigenvalue weighted by atomic mass is 79.9. The van der Waals surface area contributed by atoms with Crippen molar-refractivity contribution in [2.45, 2.75) is 13.8 Å². The predicted octanol–water partition coefficient (Wildman–Crippen LogP) is 3.71. The SMILES string of the molecule is Cc1n[nH]c(C)c1NC(=O)Nc1cc(Br)c(F)cc1F. The van der Waals surface area contributed by atoms with Gasteiger partial charge in [0, 0.05) is 6.07 Å². The number of rotatable bonds is 2. The molecule has 0 atom stereocenters. The molecule has 0 bridgehead atoms. The molecule has 2 rings (SSSR count). The first-order valence-electron chi connectivity index (χ1n) is 5.62. The minimum atomic E-state index is -0.860. The Balaban J connectivity index is 2.15. The van der Waals surface area contributed by atoms with Crippen LogP contribution in [0.2, 0.25) is 0 Å². The molecular weight excluding hydrogens is 334 g/mol. The van der Waals surface area contributed by atoms with Crippen LogP contribution in [0.15, 0.2) is 16.6 Å². The standard InChI is InChI=1S/C12H11BrF2N4O/c1-5-11(6(2)19-18-5)17-12(20)16-10-3-7(13)8(14)4-9(10)15/h3-4H,1-2H3,(H,18,19)(H2,16,17,20). The number of hydrogen-bond acceptors (Lipinski definition) is 2. The summed E-state index contributed by atoms with van der Waals surface area (Å²) in [5.74, 6) is -1.60. The molecule has 2 amide bonds. The van der Waals surface area contributed by atoms with Crippen LogP contribution < -0.4 is 10.6 Å². The highest BCUT2D eigenvalue weighted by molar-refractivity contribution is 9.10. The van der Waals surface area contributed by atoms with E-state index in [9.17, 15) is 13.6 Å². The lowest BCUT2D eigenvalue weighted by Crippen LogP contribution is -2.21. The average Bonchev–Trinajstić information content (AvgIpc) is 2.68. The summed E-state index contributed by atoms with van der Waals surface area (Å²) in [6.45, 7) is 3.46. The molecule has 0 aliphatic carbocycles. The van der Waals surface area contributed by atoms with Crippen molar-refractivity contribution in [2.24, 2.45) is 0 Å². The third-order valence-corrected chi connectivity index (χ3v) is 3.23. The summed E-state index contributed by atoms with van der Waals surface area (Å²) in [6.07, 6.45) is 0. The molecule has 0 saturated carbocycles. The number of anilines is 2. The topological polar surface area (TPSA) is 69.8 Å². The second kappa shape index (κ2) is 5.58. The van der Waals surface area contributed by atoms with Crippen LogP contribution in [0.5, 0.6) is 0 Å². The molecule has 0 aliphatic rings. The zero-order valence-electron chi connectivity index (χ0n) is 10.6.